The first-order valence-corrected chi connectivity index (χ1v) is 12.7. The Morgan fingerprint density at radius 2 is 1.73 bits per heavy atom. The number of carbonyl (C=O) groups excluding carboxylic acids is 2. The topological polar surface area (TPSA) is 86.8 Å². The Morgan fingerprint density at radius 1 is 1.09 bits per heavy atom. The van der Waals surface area contributed by atoms with Crippen LogP contribution >= 0.6 is 23.2 Å². The number of amides is 2. The standard InChI is InChI=1S/C22H26Cl2FN3O4S/c1-14(2)26-22(30)15(3)27(12-16-7-5-6-8-19(16)25)21(29)13-28(33(4,31)32)20-10-9-17(23)11-18(20)24/h5-11,14-15H,12-13H2,1-4H3,(H,26,30). The molecule has 0 aliphatic heterocycles. The van der Waals surface area contributed by atoms with E-state index in [1.165, 1.54) is 43.3 Å². The molecule has 1 atom stereocenters. The molecule has 2 aromatic rings. The molecule has 0 fully saturated rings. The number of nitrogens with zero attached hydrogens (tertiary/aromatic N) is 2. The van der Waals surface area contributed by atoms with Crippen LogP contribution in [0, 0.1) is 5.82 Å². The largest absolute Gasteiger partial charge is 0.352 e. The van der Waals surface area contributed by atoms with Gasteiger partial charge in [0.2, 0.25) is 21.8 Å². The molecule has 0 aliphatic carbocycles. The summed E-state index contributed by atoms with van der Waals surface area (Å²) in [6.07, 6.45) is 0.932. The molecular formula is C22H26Cl2FN3O4S. The third-order valence-electron chi connectivity index (χ3n) is 4.75. The zero-order chi connectivity index (χ0) is 24.9. The molecule has 1 unspecified atom stereocenters. The van der Waals surface area contributed by atoms with E-state index in [0.717, 1.165) is 15.5 Å². The zero-order valence-corrected chi connectivity index (χ0v) is 21.0. The van der Waals surface area contributed by atoms with Crippen LogP contribution in [-0.2, 0) is 26.2 Å². The number of hydrogen-bond acceptors (Lipinski definition) is 4. The van der Waals surface area contributed by atoms with Crippen molar-refractivity contribution >= 4 is 50.7 Å². The van der Waals surface area contributed by atoms with Crippen molar-refractivity contribution in [2.24, 2.45) is 0 Å². The van der Waals surface area contributed by atoms with Gasteiger partial charge in [0, 0.05) is 23.2 Å². The molecule has 0 saturated carbocycles. The average Bonchev–Trinajstić information content (AvgIpc) is 2.70. The smallest absolute Gasteiger partial charge is 0.244 e. The molecule has 0 radical (unpaired) electrons. The van der Waals surface area contributed by atoms with Gasteiger partial charge < -0.3 is 10.2 Å². The van der Waals surface area contributed by atoms with Gasteiger partial charge in [-0.1, -0.05) is 41.4 Å². The lowest BCUT2D eigenvalue weighted by Gasteiger charge is -2.32. The Morgan fingerprint density at radius 3 is 2.27 bits per heavy atom. The minimum absolute atomic E-state index is 0.0342. The minimum atomic E-state index is -3.94. The van der Waals surface area contributed by atoms with Crippen LogP contribution in [0.25, 0.3) is 0 Å². The SMILES string of the molecule is CC(C)NC(=O)C(C)N(Cc1ccccc1F)C(=O)CN(c1ccc(Cl)cc1Cl)S(C)(=O)=O. The third-order valence-corrected chi connectivity index (χ3v) is 6.42. The summed E-state index contributed by atoms with van der Waals surface area (Å²) in [4.78, 5) is 27.1. The Kier molecular flexibility index (Phi) is 9.11. The lowest BCUT2D eigenvalue weighted by molar-refractivity contribution is -0.139. The van der Waals surface area contributed by atoms with Crippen LogP contribution in [0.1, 0.15) is 26.3 Å². The molecule has 0 saturated heterocycles. The lowest BCUT2D eigenvalue weighted by atomic mass is 10.1. The summed E-state index contributed by atoms with van der Waals surface area (Å²) < 4.78 is 40.2. The molecule has 0 aromatic heterocycles. The van der Waals surface area contributed by atoms with Crippen LogP contribution in [0.15, 0.2) is 42.5 Å². The van der Waals surface area contributed by atoms with Crippen molar-refractivity contribution in [1.82, 2.24) is 10.2 Å². The van der Waals surface area contributed by atoms with E-state index in [1.54, 1.807) is 19.9 Å². The number of anilines is 1. The Balaban J connectivity index is 2.44. The van der Waals surface area contributed by atoms with Gasteiger partial charge in [-0.25, -0.2) is 12.8 Å². The maximum Gasteiger partial charge on any atom is 0.244 e. The van der Waals surface area contributed by atoms with E-state index in [4.69, 9.17) is 23.2 Å². The summed E-state index contributed by atoms with van der Waals surface area (Å²) in [7, 11) is -3.94. The third kappa shape index (κ3) is 7.31. The normalized spacial score (nSPS) is 12.4. The molecule has 33 heavy (non-hydrogen) atoms. The van der Waals surface area contributed by atoms with Crippen LogP contribution in [0.4, 0.5) is 10.1 Å². The van der Waals surface area contributed by atoms with E-state index in [0.29, 0.717) is 5.02 Å². The van der Waals surface area contributed by atoms with Crippen molar-refractivity contribution in [3.05, 3.63) is 63.9 Å². The first kappa shape index (κ1) is 26.9. The van der Waals surface area contributed by atoms with E-state index in [-0.39, 0.29) is 28.9 Å². The van der Waals surface area contributed by atoms with E-state index < -0.39 is 40.2 Å². The van der Waals surface area contributed by atoms with E-state index in [9.17, 15) is 22.4 Å². The van der Waals surface area contributed by atoms with Gasteiger partial charge in [-0.3, -0.25) is 13.9 Å². The van der Waals surface area contributed by atoms with Crippen LogP contribution in [0.5, 0.6) is 0 Å². The molecule has 0 aliphatic rings. The predicted molar refractivity (Wildman–Crippen MR) is 128 cm³/mol. The van der Waals surface area contributed by atoms with E-state index in [2.05, 4.69) is 5.32 Å². The Bertz CT molecular complexity index is 1130. The van der Waals surface area contributed by atoms with Crippen LogP contribution in [-0.4, -0.2) is 50.0 Å². The fourth-order valence-electron chi connectivity index (χ4n) is 3.08. The fourth-order valence-corrected chi connectivity index (χ4v) is 4.50. The summed E-state index contributed by atoms with van der Waals surface area (Å²) >= 11 is 12.1. The highest BCUT2D eigenvalue weighted by Crippen LogP contribution is 2.30. The van der Waals surface area contributed by atoms with Gasteiger partial charge in [-0.15, -0.1) is 0 Å². The van der Waals surface area contributed by atoms with Gasteiger partial charge in [0.15, 0.2) is 0 Å². The molecule has 2 aromatic carbocycles. The zero-order valence-electron chi connectivity index (χ0n) is 18.7. The molecule has 1 N–H and O–H groups in total. The second kappa shape index (κ2) is 11.2. The fraction of sp³-hybridized carbons (Fsp3) is 0.364. The summed E-state index contributed by atoms with van der Waals surface area (Å²) in [6.45, 7) is 4.15. The molecule has 7 nitrogen and oxygen atoms in total. The molecule has 0 spiro atoms. The summed E-state index contributed by atoms with van der Waals surface area (Å²) in [6, 6.07) is 8.85. The average molecular weight is 518 g/mol. The van der Waals surface area contributed by atoms with Gasteiger partial charge in [0.1, 0.15) is 18.4 Å². The van der Waals surface area contributed by atoms with Gasteiger partial charge in [-0.05, 0) is 45.0 Å². The van der Waals surface area contributed by atoms with Crippen molar-refractivity contribution in [3.8, 4) is 0 Å². The summed E-state index contributed by atoms with van der Waals surface area (Å²) in [5.74, 6) is -1.71. The number of sulfonamides is 1. The highest BCUT2D eigenvalue weighted by molar-refractivity contribution is 7.92. The Labute approximate surface area is 203 Å². The second-order valence-corrected chi connectivity index (χ2v) is 10.6. The number of nitrogens with one attached hydrogen (secondary N) is 1. The highest BCUT2D eigenvalue weighted by Gasteiger charge is 2.31. The maximum atomic E-state index is 14.3. The first-order chi connectivity index (χ1) is 15.3. The number of halogens is 3. The minimum Gasteiger partial charge on any atom is -0.352 e. The van der Waals surface area contributed by atoms with Crippen molar-refractivity contribution in [1.29, 1.82) is 0 Å². The molecule has 2 amide bonds. The molecule has 0 bridgehead atoms. The number of hydrogen-bond donors (Lipinski definition) is 1. The quantitative estimate of drug-likeness (QED) is 0.547. The molecule has 0 heterocycles. The van der Waals surface area contributed by atoms with E-state index in [1.807, 2.05) is 0 Å². The number of carbonyl (C=O) groups is 2. The molecule has 2 rings (SSSR count). The summed E-state index contributed by atoms with van der Waals surface area (Å²) in [5, 5.41) is 3.04. The Hall–Kier alpha value is -2.36. The van der Waals surface area contributed by atoms with Crippen molar-refractivity contribution in [2.75, 3.05) is 17.1 Å². The highest BCUT2D eigenvalue weighted by atomic mass is 35.5. The van der Waals surface area contributed by atoms with Crippen LogP contribution in [0.2, 0.25) is 10.0 Å². The molecule has 11 heteroatoms. The summed E-state index contributed by atoms with van der Waals surface area (Å²) in [5.41, 5.74) is 0.243. The van der Waals surface area contributed by atoms with Gasteiger partial charge in [0.05, 0.1) is 17.0 Å². The lowest BCUT2D eigenvalue weighted by Crippen LogP contribution is -2.52. The van der Waals surface area contributed by atoms with Gasteiger partial charge in [-0.2, -0.15) is 0 Å². The van der Waals surface area contributed by atoms with Gasteiger partial charge in [0.25, 0.3) is 0 Å². The molecular weight excluding hydrogens is 492 g/mol. The van der Waals surface area contributed by atoms with Crippen LogP contribution < -0.4 is 9.62 Å². The van der Waals surface area contributed by atoms with E-state index >= 15 is 0 Å². The first-order valence-electron chi connectivity index (χ1n) is 10.1. The van der Waals surface area contributed by atoms with Crippen LogP contribution in [0.3, 0.4) is 0 Å². The number of benzene rings is 2. The second-order valence-electron chi connectivity index (χ2n) is 7.82. The monoisotopic (exact) mass is 517 g/mol. The van der Waals surface area contributed by atoms with Gasteiger partial charge >= 0.3 is 0 Å². The maximum absolute atomic E-state index is 14.3. The van der Waals surface area contributed by atoms with Crippen molar-refractivity contribution < 1.29 is 22.4 Å². The number of rotatable bonds is 9. The molecule has 180 valence electrons. The van der Waals surface area contributed by atoms with Crippen molar-refractivity contribution in [3.63, 3.8) is 0 Å². The predicted octanol–water partition coefficient (Wildman–Crippen LogP) is 3.84. The van der Waals surface area contributed by atoms with Crippen molar-refractivity contribution in [2.45, 2.75) is 39.4 Å².